The summed E-state index contributed by atoms with van der Waals surface area (Å²) >= 11 is 0. The Bertz CT molecular complexity index is 483. The molecule has 1 fully saturated rings. The largest absolute Gasteiger partial charge is 0.386 e. The first kappa shape index (κ1) is 13.8. The maximum Gasteiger partial charge on any atom is 0.164 e. The Hall–Kier alpha value is -1.20. The number of fused-ring (bicyclic) bond motifs is 1. The van der Waals surface area contributed by atoms with Crippen molar-refractivity contribution >= 4 is 0 Å². The molecule has 2 aliphatic rings. The van der Waals surface area contributed by atoms with Crippen molar-refractivity contribution in [2.75, 3.05) is 0 Å². The first-order valence-electron chi connectivity index (χ1n) is 6.93. The lowest BCUT2D eigenvalue weighted by Crippen LogP contribution is -2.45. The van der Waals surface area contributed by atoms with Crippen LogP contribution in [0.5, 0.6) is 0 Å². The topological polar surface area (TPSA) is 47.9 Å². The van der Waals surface area contributed by atoms with Crippen LogP contribution in [0, 0.1) is 0 Å². The van der Waals surface area contributed by atoms with Crippen LogP contribution >= 0.6 is 0 Å². The number of aliphatic hydroxyl groups excluding tert-OH is 1. The van der Waals surface area contributed by atoms with Gasteiger partial charge in [-0.1, -0.05) is 42.5 Å². The third kappa shape index (κ3) is 2.79. The van der Waals surface area contributed by atoms with Crippen molar-refractivity contribution in [2.45, 2.75) is 50.7 Å². The van der Waals surface area contributed by atoms with Gasteiger partial charge in [-0.25, -0.2) is 0 Å². The molecule has 4 nitrogen and oxygen atoms in total. The van der Waals surface area contributed by atoms with Gasteiger partial charge in [0.05, 0.1) is 6.61 Å². The summed E-state index contributed by atoms with van der Waals surface area (Å²) in [6.07, 6.45) is 2.11. The number of hydrogen-bond acceptors (Lipinski definition) is 4. The summed E-state index contributed by atoms with van der Waals surface area (Å²) in [7, 11) is 0. The van der Waals surface area contributed by atoms with Gasteiger partial charge in [-0.3, -0.25) is 0 Å². The quantitative estimate of drug-likeness (QED) is 0.858. The summed E-state index contributed by atoms with van der Waals surface area (Å²) < 4.78 is 17.5. The fourth-order valence-corrected chi connectivity index (χ4v) is 2.69. The van der Waals surface area contributed by atoms with E-state index in [0.717, 1.165) is 5.56 Å². The molecule has 0 amide bonds. The molecule has 0 saturated carbocycles. The molecule has 0 aromatic heterocycles. The van der Waals surface area contributed by atoms with Gasteiger partial charge < -0.3 is 19.3 Å². The van der Waals surface area contributed by atoms with Gasteiger partial charge in [0.15, 0.2) is 5.79 Å². The lowest BCUT2D eigenvalue weighted by molar-refractivity contribution is -0.158. The van der Waals surface area contributed by atoms with Crippen LogP contribution in [0.15, 0.2) is 42.5 Å². The van der Waals surface area contributed by atoms with E-state index in [9.17, 15) is 5.11 Å². The lowest BCUT2D eigenvalue weighted by Gasteiger charge is -2.30. The average molecular weight is 276 g/mol. The Labute approximate surface area is 119 Å². The molecule has 0 spiro atoms. The van der Waals surface area contributed by atoms with E-state index in [1.807, 2.05) is 50.3 Å². The van der Waals surface area contributed by atoms with Gasteiger partial charge in [0.25, 0.3) is 0 Å². The molecule has 0 bridgehead atoms. The molecule has 4 heteroatoms. The second-order valence-corrected chi connectivity index (χ2v) is 5.70. The van der Waals surface area contributed by atoms with E-state index in [4.69, 9.17) is 14.2 Å². The van der Waals surface area contributed by atoms with E-state index in [-0.39, 0.29) is 18.3 Å². The molecule has 1 heterocycles. The van der Waals surface area contributed by atoms with Crippen LogP contribution in [-0.2, 0) is 20.8 Å². The van der Waals surface area contributed by atoms with Gasteiger partial charge >= 0.3 is 0 Å². The van der Waals surface area contributed by atoms with Gasteiger partial charge in [0.1, 0.15) is 24.4 Å². The minimum absolute atomic E-state index is 0.203. The van der Waals surface area contributed by atoms with Gasteiger partial charge in [-0.05, 0) is 19.4 Å². The average Bonchev–Trinajstić information content (AvgIpc) is 2.76. The Kier molecular flexibility index (Phi) is 3.65. The zero-order valence-corrected chi connectivity index (χ0v) is 11.7. The molecule has 0 unspecified atom stereocenters. The van der Waals surface area contributed by atoms with E-state index in [1.54, 1.807) is 6.08 Å². The monoisotopic (exact) mass is 276 g/mol. The Morgan fingerprint density at radius 3 is 2.55 bits per heavy atom. The molecule has 20 heavy (non-hydrogen) atoms. The number of benzene rings is 1. The van der Waals surface area contributed by atoms with E-state index < -0.39 is 11.9 Å². The van der Waals surface area contributed by atoms with E-state index in [2.05, 4.69) is 0 Å². The molecule has 1 saturated heterocycles. The third-order valence-corrected chi connectivity index (χ3v) is 3.61. The third-order valence-electron chi connectivity index (χ3n) is 3.61. The van der Waals surface area contributed by atoms with Gasteiger partial charge in [-0.2, -0.15) is 0 Å². The Morgan fingerprint density at radius 1 is 1.10 bits per heavy atom. The highest BCUT2D eigenvalue weighted by Crippen LogP contribution is 2.35. The van der Waals surface area contributed by atoms with Crippen molar-refractivity contribution in [3.05, 3.63) is 48.0 Å². The molecular weight excluding hydrogens is 256 g/mol. The standard InChI is InChI=1S/C16H20O4/c1-16(2)19-14-12(17)8-9-13(15(14)20-16)18-10-11-6-4-3-5-7-11/h3-9,12-15,17H,10H2,1-2H3/t12-,13-,14+,15-/m1/s1. The van der Waals surface area contributed by atoms with Crippen LogP contribution in [0.1, 0.15) is 19.4 Å². The van der Waals surface area contributed by atoms with E-state index >= 15 is 0 Å². The summed E-state index contributed by atoms with van der Waals surface area (Å²) in [4.78, 5) is 0. The summed E-state index contributed by atoms with van der Waals surface area (Å²) in [5.74, 6) is -0.684. The van der Waals surface area contributed by atoms with Crippen molar-refractivity contribution in [1.29, 1.82) is 0 Å². The van der Waals surface area contributed by atoms with Gasteiger partial charge in [-0.15, -0.1) is 0 Å². The smallest absolute Gasteiger partial charge is 0.164 e. The minimum Gasteiger partial charge on any atom is -0.386 e. The first-order valence-corrected chi connectivity index (χ1v) is 6.93. The normalized spacial score (nSPS) is 35.0. The Balaban J connectivity index is 1.68. The second kappa shape index (κ2) is 5.30. The van der Waals surface area contributed by atoms with Crippen LogP contribution in [0.2, 0.25) is 0 Å². The van der Waals surface area contributed by atoms with Crippen molar-refractivity contribution in [1.82, 2.24) is 0 Å². The Morgan fingerprint density at radius 2 is 1.80 bits per heavy atom. The number of aliphatic hydroxyl groups is 1. The minimum atomic E-state index is -0.684. The number of ether oxygens (including phenoxy) is 3. The highest BCUT2D eigenvalue weighted by atomic mass is 16.8. The molecule has 1 aromatic carbocycles. The van der Waals surface area contributed by atoms with Crippen LogP contribution in [-0.4, -0.2) is 35.3 Å². The zero-order chi connectivity index (χ0) is 14.2. The summed E-state index contributed by atoms with van der Waals surface area (Å²) in [5, 5.41) is 9.97. The lowest BCUT2D eigenvalue weighted by atomic mass is 9.96. The van der Waals surface area contributed by atoms with Crippen LogP contribution in [0.4, 0.5) is 0 Å². The fourth-order valence-electron chi connectivity index (χ4n) is 2.69. The van der Waals surface area contributed by atoms with Crippen LogP contribution in [0.3, 0.4) is 0 Å². The maximum absolute atomic E-state index is 9.97. The molecule has 3 rings (SSSR count). The molecule has 1 N–H and O–H groups in total. The number of rotatable bonds is 3. The van der Waals surface area contributed by atoms with Crippen LogP contribution < -0.4 is 0 Å². The first-order chi connectivity index (χ1) is 9.55. The molecule has 1 aliphatic heterocycles. The number of hydrogen-bond donors (Lipinski definition) is 1. The van der Waals surface area contributed by atoms with E-state index in [1.165, 1.54) is 0 Å². The molecule has 1 aromatic rings. The SMILES string of the molecule is CC1(C)O[C@@H]2[C@H](O1)[C@H](OCc1ccccc1)C=C[C@H]2O. The maximum atomic E-state index is 9.97. The second-order valence-electron chi connectivity index (χ2n) is 5.70. The molecular formula is C16H20O4. The van der Waals surface area contributed by atoms with Gasteiger partial charge in [0, 0.05) is 0 Å². The highest BCUT2D eigenvalue weighted by Gasteiger charge is 2.49. The highest BCUT2D eigenvalue weighted by molar-refractivity contribution is 5.15. The molecule has 108 valence electrons. The van der Waals surface area contributed by atoms with Crippen molar-refractivity contribution < 1.29 is 19.3 Å². The predicted octanol–water partition coefficient (Wildman–Crippen LogP) is 2.02. The van der Waals surface area contributed by atoms with Crippen LogP contribution in [0.25, 0.3) is 0 Å². The summed E-state index contributed by atoms with van der Waals surface area (Å²) in [6, 6.07) is 10.00. The molecule has 4 atom stereocenters. The summed E-state index contributed by atoms with van der Waals surface area (Å²) in [6.45, 7) is 4.22. The zero-order valence-electron chi connectivity index (χ0n) is 11.7. The van der Waals surface area contributed by atoms with E-state index in [0.29, 0.717) is 6.61 Å². The van der Waals surface area contributed by atoms with Gasteiger partial charge in [0.2, 0.25) is 0 Å². The summed E-state index contributed by atoms with van der Waals surface area (Å²) in [5.41, 5.74) is 1.11. The predicted molar refractivity (Wildman–Crippen MR) is 74.0 cm³/mol. The van der Waals surface area contributed by atoms with Crippen molar-refractivity contribution in [3.8, 4) is 0 Å². The fraction of sp³-hybridized carbons (Fsp3) is 0.500. The van der Waals surface area contributed by atoms with Crippen molar-refractivity contribution in [2.24, 2.45) is 0 Å². The van der Waals surface area contributed by atoms with Crippen molar-refractivity contribution in [3.63, 3.8) is 0 Å². The molecule has 1 aliphatic carbocycles. The molecule has 0 radical (unpaired) electrons.